The molecule has 0 atom stereocenters. The van der Waals surface area contributed by atoms with Gasteiger partial charge < -0.3 is 14.9 Å². The molecule has 186 valence electrons. The van der Waals surface area contributed by atoms with Gasteiger partial charge in [-0.1, -0.05) is 23.8 Å². The van der Waals surface area contributed by atoms with Crippen LogP contribution < -0.4 is 9.80 Å². The molecular weight excluding hydrogens is 445 g/mol. The Kier molecular flexibility index (Phi) is 9.06. The van der Waals surface area contributed by atoms with Crippen molar-refractivity contribution in [1.29, 1.82) is 0 Å². The summed E-state index contributed by atoms with van der Waals surface area (Å²) in [6.07, 6.45) is 0.326. The number of carboxylic acid groups (broad SMARTS) is 1. The minimum atomic E-state index is -5.08. The summed E-state index contributed by atoms with van der Waals surface area (Å²) >= 11 is 0. The van der Waals surface area contributed by atoms with E-state index in [9.17, 15) is 13.2 Å². The van der Waals surface area contributed by atoms with Crippen molar-refractivity contribution >= 4 is 23.4 Å². The molecule has 0 amide bonds. The monoisotopic (exact) mass is 478 g/mol. The zero-order valence-corrected chi connectivity index (χ0v) is 20.5. The first kappa shape index (κ1) is 27.1. The lowest BCUT2D eigenvalue weighted by molar-refractivity contribution is -0.192. The van der Waals surface area contributed by atoms with Crippen LogP contribution in [0.15, 0.2) is 24.8 Å². The number of carbonyl (C=O) groups is 1. The van der Waals surface area contributed by atoms with Crippen molar-refractivity contribution in [1.82, 2.24) is 9.97 Å². The molecule has 1 aromatic carbocycles. The first-order valence-electron chi connectivity index (χ1n) is 11.3. The van der Waals surface area contributed by atoms with Gasteiger partial charge in [0.15, 0.2) is 0 Å². The number of aryl methyl sites for hydroxylation is 4. The van der Waals surface area contributed by atoms with Gasteiger partial charge in [-0.2, -0.15) is 18.2 Å². The number of anilines is 3. The zero-order valence-electron chi connectivity index (χ0n) is 20.5. The number of rotatable bonds is 5. The van der Waals surface area contributed by atoms with Crippen molar-refractivity contribution < 1.29 is 23.1 Å². The number of aromatic nitrogens is 2. The first-order valence-corrected chi connectivity index (χ1v) is 11.3. The average Bonchev–Trinajstić information content (AvgIpc) is 2.93. The Hall–Kier alpha value is -3.10. The van der Waals surface area contributed by atoms with Crippen LogP contribution in [0.1, 0.15) is 47.7 Å². The summed E-state index contributed by atoms with van der Waals surface area (Å²) in [5.74, 6) is -0.858. The number of halogens is 3. The van der Waals surface area contributed by atoms with Crippen molar-refractivity contribution in [3.63, 3.8) is 0 Å². The molecule has 0 radical (unpaired) electrons. The molecule has 0 aliphatic carbocycles. The quantitative estimate of drug-likeness (QED) is 0.546. The molecule has 6 nitrogen and oxygen atoms in total. The predicted molar refractivity (Wildman–Crippen MR) is 129 cm³/mol. The van der Waals surface area contributed by atoms with Crippen molar-refractivity contribution in [3.8, 4) is 0 Å². The Morgan fingerprint density at radius 2 is 1.76 bits per heavy atom. The normalized spacial score (nSPS) is 13.4. The number of alkyl halides is 3. The van der Waals surface area contributed by atoms with Crippen molar-refractivity contribution in [2.45, 2.75) is 60.1 Å². The van der Waals surface area contributed by atoms with Crippen LogP contribution in [0.2, 0.25) is 0 Å². The minimum absolute atomic E-state index is 0.805. The molecule has 0 saturated heterocycles. The second-order valence-electron chi connectivity index (χ2n) is 8.40. The molecule has 0 bridgehead atoms. The van der Waals surface area contributed by atoms with Crippen LogP contribution >= 0.6 is 0 Å². The molecule has 1 aliphatic heterocycles. The van der Waals surface area contributed by atoms with Crippen LogP contribution in [0.25, 0.3) is 0 Å². The Morgan fingerprint density at radius 3 is 2.26 bits per heavy atom. The lowest BCUT2D eigenvalue weighted by Gasteiger charge is -2.29. The summed E-state index contributed by atoms with van der Waals surface area (Å²) in [6.45, 7) is 17.4. The lowest BCUT2D eigenvalue weighted by Crippen LogP contribution is -2.28. The topological polar surface area (TPSA) is 69.6 Å². The van der Waals surface area contributed by atoms with Crippen LogP contribution in [-0.2, 0) is 11.2 Å². The summed E-state index contributed by atoms with van der Waals surface area (Å²) in [7, 11) is 0. The van der Waals surface area contributed by atoms with E-state index in [1.807, 2.05) is 6.08 Å². The van der Waals surface area contributed by atoms with Gasteiger partial charge >= 0.3 is 12.1 Å². The maximum Gasteiger partial charge on any atom is 0.490 e. The Bertz CT molecular complexity index is 1010. The molecule has 1 N–H and O–H groups in total. The molecular formula is C25H33F3N4O2. The van der Waals surface area contributed by atoms with E-state index < -0.39 is 12.1 Å². The van der Waals surface area contributed by atoms with Gasteiger partial charge in [0.1, 0.15) is 5.82 Å². The predicted octanol–water partition coefficient (Wildman–Crippen LogP) is 5.83. The number of nitrogens with zero attached hydrogens (tertiary/aromatic N) is 4. The number of hydrogen-bond donors (Lipinski definition) is 1. The third kappa shape index (κ3) is 6.48. The highest BCUT2D eigenvalue weighted by atomic mass is 19.4. The highest BCUT2D eigenvalue weighted by Gasteiger charge is 2.38. The molecule has 34 heavy (non-hydrogen) atoms. The standard InChI is InChI=1S/C23H32N4.C2HF3O2/c1-7-12-26-13-10-9-11-20-19(6)24-23(25-22(20)26)27(8-2)21-17(4)14-16(3)15-18(21)5;3-2(4,5)1(6)7/h7,14-15H,1,8-13H2,2-6H3;(H,6,7). The van der Waals surface area contributed by atoms with Gasteiger partial charge in [-0.3, -0.25) is 0 Å². The van der Waals surface area contributed by atoms with Gasteiger partial charge in [-0.05, 0) is 65.0 Å². The van der Waals surface area contributed by atoms with Crippen LogP contribution in [0, 0.1) is 27.7 Å². The van der Waals surface area contributed by atoms with E-state index >= 15 is 0 Å². The molecule has 2 aromatic rings. The minimum Gasteiger partial charge on any atom is -0.475 e. The van der Waals surface area contributed by atoms with E-state index in [0.717, 1.165) is 43.5 Å². The van der Waals surface area contributed by atoms with Gasteiger partial charge in [0, 0.05) is 36.6 Å². The largest absolute Gasteiger partial charge is 0.490 e. The molecule has 0 fully saturated rings. The molecule has 3 rings (SSSR count). The van der Waals surface area contributed by atoms with E-state index in [-0.39, 0.29) is 0 Å². The lowest BCUT2D eigenvalue weighted by atomic mass is 10.0. The second kappa shape index (κ2) is 11.4. The molecule has 0 unspecified atom stereocenters. The van der Waals surface area contributed by atoms with Gasteiger partial charge in [0.25, 0.3) is 0 Å². The van der Waals surface area contributed by atoms with Crippen molar-refractivity contribution in [2.24, 2.45) is 0 Å². The fourth-order valence-electron chi connectivity index (χ4n) is 4.28. The first-order chi connectivity index (χ1) is 15.9. The Morgan fingerprint density at radius 1 is 1.18 bits per heavy atom. The molecule has 9 heteroatoms. The number of fused-ring (bicyclic) bond motifs is 1. The maximum absolute atomic E-state index is 10.6. The van der Waals surface area contributed by atoms with Gasteiger partial charge in [0.2, 0.25) is 5.95 Å². The third-order valence-corrected chi connectivity index (χ3v) is 5.64. The van der Waals surface area contributed by atoms with Crippen molar-refractivity contribution in [2.75, 3.05) is 29.4 Å². The molecule has 1 aromatic heterocycles. The van der Waals surface area contributed by atoms with E-state index in [0.29, 0.717) is 0 Å². The van der Waals surface area contributed by atoms with Crippen LogP contribution in [0.3, 0.4) is 0 Å². The number of aliphatic carboxylic acids is 1. The fraction of sp³-hybridized carbons (Fsp3) is 0.480. The number of benzene rings is 1. The SMILES string of the molecule is C=CCN1CCCCc2c(C)nc(N(CC)c3c(C)cc(C)cc3C)nc21.O=C(O)C(F)(F)F. The fourth-order valence-corrected chi connectivity index (χ4v) is 4.28. The number of carboxylic acids is 1. The molecule has 1 aliphatic rings. The summed E-state index contributed by atoms with van der Waals surface area (Å²) in [5, 5.41) is 7.12. The maximum atomic E-state index is 10.6. The summed E-state index contributed by atoms with van der Waals surface area (Å²) in [5.41, 5.74) is 7.47. The summed E-state index contributed by atoms with van der Waals surface area (Å²) in [6, 6.07) is 4.48. The van der Waals surface area contributed by atoms with Crippen LogP contribution in [0.4, 0.5) is 30.6 Å². The van der Waals surface area contributed by atoms with E-state index in [1.54, 1.807) is 0 Å². The van der Waals surface area contributed by atoms with Gasteiger partial charge in [0.05, 0.1) is 0 Å². The Balaban J connectivity index is 0.000000509. The third-order valence-electron chi connectivity index (χ3n) is 5.64. The summed E-state index contributed by atoms with van der Waals surface area (Å²) < 4.78 is 31.7. The second-order valence-corrected chi connectivity index (χ2v) is 8.40. The highest BCUT2D eigenvalue weighted by Crippen LogP contribution is 2.34. The van der Waals surface area contributed by atoms with E-state index in [2.05, 4.69) is 63.1 Å². The average molecular weight is 479 g/mol. The van der Waals surface area contributed by atoms with Crippen molar-refractivity contribution in [3.05, 3.63) is 52.7 Å². The number of hydrogen-bond acceptors (Lipinski definition) is 5. The van der Waals surface area contributed by atoms with E-state index in [1.165, 1.54) is 40.8 Å². The Labute approximate surface area is 199 Å². The molecule has 0 saturated carbocycles. The van der Waals surface area contributed by atoms with E-state index in [4.69, 9.17) is 19.9 Å². The highest BCUT2D eigenvalue weighted by molar-refractivity contribution is 5.73. The molecule has 2 heterocycles. The smallest absolute Gasteiger partial charge is 0.475 e. The molecule has 0 spiro atoms. The van der Waals surface area contributed by atoms with Gasteiger partial charge in [-0.15, -0.1) is 6.58 Å². The zero-order chi connectivity index (χ0) is 25.6. The summed E-state index contributed by atoms with van der Waals surface area (Å²) in [4.78, 5) is 23.5. The van der Waals surface area contributed by atoms with Gasteiger partial charge in [-0.25, -0.2) is 9.78 Å². The van der Waals surface area contributed by atoms with Crippen LogP contribution in [0.5, 0.6) is 0 Å². The van der Waals surface area contributed by atoms with Crippen LogP contribution in [-0.4, -0.2) is 46.9 Å².